The van der Waals surface area contributed by atoms with Gasteiger partial charge >= 0.3 is 0 Å². The van der Waals surface area contributed by atoms with Crippen molar-refractivity contribution >= 4 is 21.4 Å². The van der Waals surface area contributed by atoms with Crippen LogP contribution in [0, 0.1) is 10.1 Å². The van der Waals surface area contributed by atoms with Gasteiger partial charge < -0.3 is 14.4 Å². The summed E-state index contributed by atoms with van der Waals surface area (Å²) in [5.41, 5.74) is 0.0720. The lowest BCUT2D eigenvalue weighted by atomic mass is 10.2. The molecule has 0 N–H and O–H groups in total. The van der Waals surface area contributed by atoms with Gasteiger partial charge in [0.15, 0.2) is 17.6 Å². The fourth-order valence-electron chi connectivity index (χ4n) is 3.94. The topological polar surface area (TPSA) is 102 Å². The van der Waals surface area contributed by atoms with Gasteiger partial charge in [0.1, 0.15) is 12.3 Å². The maximum atomic E-state index is 12.9. The molecular formula is C21H25N3O6S. The summed E-state index contributed by atoms with van der Waals surface area (Å²) in [6.07, 6.45) is 2.27. The SMILES string of the molecule is CN(CC1COc2ccccc2O1)c1ccc(S(=O)(=O)N2CCCCC2)cc1[N+](=O)[O-]. The summed E-state index contributed by atoms with van der Waals surface area (Å²) < 4.78 is 38.9. The molecule has 166 valence electrons. The molecule has 4 rings (SSSR count). The molecule has 31 heavy (non-hydrogen) atoms. The molecule has 2 aromatic carbocycles. The van der Waals surface area contributed by atoms with Crippen LogP contribution in [0.15, 0.2) is 47.4 Å². The fraction of sp³-hybridized carbons (Fsp3) is 0.429. The number of hydrogen-bond donors (Lipinski definition) is 0. The van der Waals surface area contributed by atoms with E-state index < -0.39 is 14.9 Å². The summed E-state index contributed by atoms with van der Waals surface area (Å²) in [6.45, 7) is 1.54. The number of nitrogens with zero attached hydrogens (tertiary/aromatic N) is 3. The van der Waals surface area contributed by atoms with Crippen molar-refractivity contribution in [2.75, 3.05) is 38.2 Å². The third-order valence-corrected chi connectivity index (χ3v) is 7.45. The number of hydrogen-bond acceptors (Lipinski definition) is 7. The first-order chi connectivity index (χ1) is 14.9. The molecule has 2 aliphatic heterocycles. The third-order valence-electron chi connectivity index (χ3n) is 5.55. The number of nitro benzene ring substituents is 1. The predicted octanol–water partition coefficient (Wildman–Crippen LogP) is 3.05. The largest absolute Gasteiger partial charge is 0.486 e. The van der Waals surface area contributed by atoms with Gasteiger partial charge in [0.2, 0.25) is 10.0 Å². The minimum absolute atomic E-state index is 0.0515. The van der Waals surface area contributed by atoms with Gasteiger partial charge in [-0.15, -0.1) is 0 Å². The molecule has 1 unspecified atom stereocenters. The first-order valence-corrected chi connectivity index (χ1v) is 11.7. The van der Waals surface area contributed by atoms with E-state index in [1.807, 2.05) is 24.3 Å². The second-order valence-corrected chi connectivity index (χ2v) is 9.69. The highest BCUT2D eigenvalue weighted by Gasteiger charge is 2.30. The van der Waals surface area contributed by atoms with E-state index in [4.69, 9.17) is 9.47 Å². The van der Waals surface area contributed by atoms with Crippen LogP contribution in [0.3, 0.4) is 0 Å². The van der Waals surface area contributed by atoms with Crippen LogP contribution in [0.25, 0.3) is 0 Å². The first kappa shape index (κ1) is 21.4. The quantitative estimate of drug-likeness (QED) is 0.495. The van der Waals surface area contributed by atoms with E-state index in [1.165, 1.54) is 16.4 Å². The van der Waals surface area contributed by atoms with Crippen molar-refractivity contribution in [1.29, 1.82) is 0 Å². The molecule has 0 aromatic heterocycles. The maximum absolute atomic E-state index is 12.9. The number of para-hydroxylation sites is 2. The van der Waals surface area contributed by atoms with E-state index in [9.17, 15) is 18.5 Å². The number of nitro groups is 1. The number of benzene rings is 2. The number of fused-ring (bicyclic) bond motifs is 1. The second kappa shape index (κ2) is 8.72. The van der Waals surface area contributed by atoms with Crippen molar-refractivity contribution in [1.82, 2.24) is 4.31 Å². The molecule has 1 fully saturated rings. The number of ether oxygens (including phenoxy) is 2. The molecule has 10 heteroatoms. The highest BCUT2D eigenvalue weighted by molar-refractivity contribution is 7.89. The molecule has 2 aromatic rings. The minimum atomic E-state index is -3.76. The van der Waals surface area contributed by atoms with Gasteiger partial charge in [-0.05, 0) is 37.1 Å². The molecule has 1 atom stereocenters. The molecule has 0 radical (unpaired) electrons. The molecule has 0 saturated carbocycles. The van der Waals surface area contributed by atoms with Crippen molar-refractivity contribution in [3.05, 3.63) is 52.6 Å². The molecule has 0 aliphatic carbocycles. The molecule has 2 aliphatic rings. The van der Waals surface area contributed by atoms with Crippen LogP contribution in [0.4, 0.5) is 11.4 Å². The summed E-state index contributed by atoms with van der Waals surface area (Å²) in [6, 6.07) is 11.4. The molecular weight excluding hydrogens is 422 g/mol. The summed E-state index contributed by atoms with van der Waals surface area (Å²) in [5, 5.41) is 11.8. The Hall–Kier alpha value is -2.85. The van der Waals surface area contributed by atoms with E-state index in [1.54, 1.807) is 11.9 Å². The van der Waals surface area contributed by atoms with Crippen LogP contribution in [0.2, 0.25) is 0 Å². The number of piperidine rings is 1. The highest BCUT2D eigenvalue weighted by Crippen LogP contribution is 2.34. The Morgan fingerprint density at radius 1 is 1.13 bits per heavy atom. The van der Waals surface area contributed by atoms with E-state index in [2.05, 4.69) is 0 Å². The Labute approximate surface area is 181 Å². The van der Waals surface area contributed by atoms with Gasteiger partial charge in [-0.1, -0.05) is 18.6 Å². The zero-order valence-corrected chi connectivity index (χ0v) is 18.1. The average molecular weight is 448 g/mol. The summed E-state index contributed by atoms with van der Waals surface area (Å²) in [4.78, 5) is 12.8. The van der Waals surface area contributed by atoms with Crippen LogP contribution in [-0.4, -0.2) is 57.0 Å². The average Bonchev–Trinajstić information content (AvgIpc) is 2.79. The first-order valence-electron chi connectivity index (χ1n) is 10.2. The molecule has 0 spiro atoms. The molecule has 0 bridgehead atoms. The fourth-order valence-corrected chi connectivity index (χ4v) is 5.48. The number of anilines is 1. The van der Waals surface area contributed by atoms with Crippen LogP contribution in [-0.2, 0) is 10.0 Å². The van der Waals surface area contributed by atoms with Crippen molar-refractivity contribution in [2.45, 2.75) is 30.3 Å². The van der Waals surface area contributed by atoms with Gasteiger partial charge in [0.25, 0.3) is 5.69 Å². The maximum Gasteiger partial charge on any atom is 0.293 e. The Bertz CT molecular complexity index is 1070. The number of likely N-dealkylation sites (N-methyl/N-ethyl adjacent to an activating group) is 1. The zero-order valence-electron chi connectivity index (χ0n) is 17.3. The van der Waals surface area contributed by atoms with Gasteiger partial charge in [0.05, 0.1) is 16.4 Å². The molecule has 1 saturated heterocycles. The van der Waals surface area contributed by atoms with E-state index in [-0.39, 0.29) is 16.7 Å². The molecule has 0 amide bonds. The lowest BCUT2D eigenvalue weighted by Crippen LogP contribution is -2.39. The lowest BCUT2D eigenvalue weighted by Gasteiger charge is -2.30. The zero-order chi connectivity index (χ0) is 22.0. The summed E-state index contributed by atoms with van der Waals surface area (Å²) in [5.74, 6) is 1.30. The summed E-state index contributed by atoms with van der Waals surface area (Å²) in [7, 11) is -2.04. The van der Waals surface area contributed by atoms with Crippen LogP contribution in [0.1, 0.15) is 19.3 Å². The Balaban J connectivity index is 1.55. The normalized spacial score (nSPS) is 19.1. The third kappa shape index (κ3) is 4.45. The second-order valence-electron chi connectivity index (χ2n) is 7.75. The monoisotopic (exact) mass is 447 g/mol. The standard InChI is InChI=1S/C21H25N3O6S/c1-22(14-16-15-29-20-7-3-4-8-21(20)30-16)18-10-9-17(13-19(18)24(25)26)31(27,28)23-11-5-2-6-12-23/h3-4,7-10,13,16H,2,5-6,11-12,14-15H2,1H3. The number of sulfonamides is 1. The highest BCUT2D eigenvalue weighted by atomic mass is 32.2. The van der Waals surface area contributed by atoms with Gasteiger partial charge in [-0.3, -0.25) is 10.1 Å². The van der Waals surface area contributed by atoms with Crippen molar-refractivity contribution < 1.29 is 22.8 Å². The van der Waals surface area contributed by atoms with Crippen molar-refractivity contribution in [2.24, 2.45) is 0 Å². The van der Waals surface area contributed by atoms with E-state index in [0.29, 0.717) is 43.4 Å². The van der Waals surface area contributed by atoms with E-state index in [0.717, 1.165) is 25.3 Å². The van der Waals surface area contributed by atoms with Crippen LogP contribution in [0.5, 0.6) is 11.5 Å². The smallest absolute Gasteiger partial charge is 0.293 e. The van der Waals surface area contributed by atoms with E-state index >= 15 is 0 Å². The van der Waals surface area contributed by atoms with Gasteiger partial charge in [-0.2, -0.15) is 4.31 Å². The van der Waals surface area contributed by atoms with Crippen LogP contribution < -0.4 is 14.4 Å². The van der Waals surface area contributed by atoms with Crippen molar-refractivity contribution in [3.8, 4) is 11.5 Å². The predicted molar refractivity (Wildman–Crippen MR) is 115 cm³/mol. The lowest BCUT2D eigenvalue weighted by molar-refractivity contribution is -0.384. The molecule has 9 nitrogen and oxygen atoms in total. The van der Waals surface area contributed by atoms with Gasteiger partial charge in [-0.25, -0.2) is 8.42 Å². The van der Waals surface area contributed by atoms with Crippen molar-refractivity contribution in [3.63, 3.8) is 0 Å². The Morgan fingerprint density at radius 3 is 2.55 bits per heavy atom. The minimum Gasteiger partial charge on any atom is -0.486 e. The Morgan fingerprint density at radius 2 is 1.84 bits per heavy atom. The van der Waals surface area contributed by atoms with Crippen LogP contribution >= 0.6 is 0 Å². The summed E-state index contributed by atoms with van der Waals surface area (Å²) >= 11 is 0. The molecule has 2 heterocycles. The van der Waals surface area contributed by atoms with Gasteiger partial charge in [0, 0.05) is 26.2 Å². The Kier molecular flexibility index (Phi) is 6.01. The number of rotatable bonds is 6.